The van der Waals surface area contributed by atoms with E-state index in [4.69, 9.17) is 0 Å². The third-order valence-electron chi connectivity index (χ3n) is 4.81. The summed E-state index contributed by atoms with van der Waals surface area (Å²) >= 11 is 0.815. The fourth-order valence-electron chi connectivity index (χ4n) is 2.91. The number of halogens is 3. The highest BCUT2D eigenvalue weighted by Gasteiger charge is 2.53. The largest absolute Gasteiger partial charge is 0.423 e. The minimum Gasteiger partial charge on any atom is -0.375 e. The summed E-state index contributed by atoms with van der Waals surface area (Å²) < 4.78 is 39.2. The van der Waals surface area contributed by atoms with Gasteiger partial charge in [0.1, 0.15) is 5.01 Å². The lowest BCUT2D eigenvalue weighted by Crippen LogP contribution is -2.39. The van der Waals surface area contributed by atoms with E-state index in [1.54, 1.807) is 6.07 Å². The molecular formula is C20H19F3N4OS. The van der Waals surface area contributed by atoms with E-state index in [1.165, 1.54) is 19.0 Å². The lowest BCUT2D eigenvalue weighted by molar-refractivity contribution is -0.258. The number of nitrogens with one attached hydrogen (secondary N) is 1. The molecule has 0 spiro atoms. The molecule has 0 amide bonds. The summed E-state index contributed by atoms with van der Waals surface area (Å²) in [5.41, 5.74) is 0.477. The second kappa shape index (κ2) is 7.07. The average molecular weight is 420 g/mol. The van der Waals surface area contributed by atoms with Crippen LogP contribution in [0.5, 0.6) is 0 Å². The van der Waals surface area contributed by atoms with Crippen molar-refractivity contribution in [1.29, 1.82) is 0 Å². The first-order chi connectivity index (χ1) is 13.6. The number of hydrogen-bond donors (Lipinski definition) is 2. The minimum absolute atomic E-state index is 0.394. The summed E-state index contributed by atoms with van der Waals surface area (Å²) in [6.45, 7) is 2.60. The Morgan fingerprint density at radius 3 is 2.38 bits per heavy atom. The van der Waals surface area contributed by atoms with E-state index in [0.717, 1.165) is 28.2 Å². The Hall–Kier alpha value is -2.52. The molecule has 3 aromatic rings. The van der Waals surface area contributed by atoms with Crippen LogP contribution in [0, 0.1) is 6.92 Å². The van der Waals surface area contributed by atoms with E-state index in [0.29, 0.717) is 29.2 Å². The van der Waals surface area contributed by atoms with Gasteiger partial charge in [0.2, 0.25) is 11.5 Å². The quantitative estimate of drug-likeness (QED) is 0.586. The Labute approximate surface area is 169 Å². The fraction of sp³-hybridized carbons (Fsp3) is 0.350. The summed E-state index contributed by atoms with van der Waals surface area (Å²) in [6.07, 6.45) is 2.53. The predicted molar refractivity (Wildman–Crippen MR) is 105 cm³/mol. The van der Waals surface area contributed by atoms with Crippen molar-refractivity contribution >= 4 is 23.0 Å². The van der Waals surface area contributed by atoms with Crippen molar-refractivity contribution < 1.29 is 18.3 Å². The standard InChI is InChI=1S/C20H19F3N4OS/c1-11-5-13(16-10-24-17(29-16)19(2,28)20(21,22)23)7-15(6-11)27-18-25-8-14(9-26-18)12-3-4-12/h5-10,12,28H,3-4H2,1-2H3,(H,25,26,27). The van der Waals surface area contributed by atoms with Crippen LogP contribution in [0.3, 0.4) is 0 Å². The van der Waals surface area contributed by atoms with Crippen LogP contribution >= 0.6 is 11.3 Å². The lowest BCUT2D eigenvalue weighted by Gasteiger charge is -2.23. The first-order valence-electron chi connectivity index (χ1n) is 9.10. The highest BCUT2D eigenvalue weighted by molar-refractivity contribution is 7.15. The highest BCUT2D eigenvalue weighted by Crippen LogP contribution is 2.42. The van der Waals surface area contributed by atoms with Crippen molar-refractivity contribution in [3.8, 4) is 10.4 Å². The summed E-state index contributed by atoms with van der Waals surface area (Å²) in [5.74, 6) is 1.03. The Balaban J connectivity index is 1.58. The van der Waals surface area contributed by atoms with E-state index >= 15 is 0 Å². The van der Waals surface area contributed by atoms with Crippen molar-refractivity contribution in [2.45, 2.75) is 44.4 Å². The number of nitrogens with zero attached hydrogens (tertiary/aromatic N) is 3. The molecule has 0 radical (unpaired) electrons. The van der Waals surface area contributed by atoms with E-state index in [-0.39, 0.29) is 0 Å². The van der Waals surface area contributed by atoms with Gasteiger partial charge in [-0.05, 0) is 61.4 Å². The third-order valence-corrected chi connectivity index (χ3v) is 6.07. The van der Waals surface area contributed by atoms with E-state index in [1.807, 2.05) is 31.5 Å². The molecule has 5 nitrogen and oxygen atoms in total. The summed E-state index contributed by atoms with van der Waals surface area (Å²) in [7, 11) is 0. The summed E-state index contributed by atoms with van der Waals surface area (Å²) in [6, 6.07) is 5.54. The molecule has 0 saturated heterocycles. The van der Waals surface area contributed by atoms with Crippen molar-refractivity contribution in [3.63, 3.8) is 0 Å². The zero-order chi connectivity index (χ0) is 20.8. The molecular weight excluding hydrogens is 401 g/mol. The predicted octanol–water partition coefficient (Wildman–Crippen LogP) is 5.30. The van der Waals surface area contributed by atoms with Gasteiger partial charge in [-0.3, -0.25) is 0 Å². The van der Waals surface area contributed by atoms with Crippen LogP contribution in [0.15, 0.2) is 36.8 Å². The molecule has 2 N–H and O–H groups in total. The molecule has 4 rings (SSSR count). The van der Waals surface area contributed by atoms with Crippen molar-refractivity contribution in [3.05, 3.63) is 52.9 Å². The first-order valence-corrected chi connectivity index (χ1v) is 9.91. The number of thiazole rings is 1. The highest BCUT2D eigenvalue weighted by atomic mass is 32.1. The second-order valence-electron chi connectivity index (χ2n) is 7.43. The molecule has 9 heteroatoms. The SMILES string of the molecule is Cc1cc(Nc2ncc(C3CC3)cn2)cc(-c2cnc(C(C)(O)C(F)(F)F)s2)c1. The van der Waals surface area contributed by atoms with Crippen molar-refractivity contribution in [1.82, 2.24) is 15.0 Å². The van der Waals surface area contributed by atoms with Crippen LogP contribution < -0.4 is 5.32 Å². The fourth-order valence-corrected chi connectivity index (χ4v) is 3.88. The zero-order valence-electron chi connectivity index (χ0n) is 15.8. The normalized spacial score (nSPS) is 16.5. The van der Waals surface area contributed by atoms with Crippen molar-refractivity contribution in [2.75, 3.05) is 5.32 Å². The van der Waals surface area contributed by atoms with Gasteiger partial charge in [0.15, 0.2) is 0 Å². The lowest BCUT2D eigenvalue weighted by atomic mass is 10.1. The van der Waals surface area contributed by atoms with Crippen LogP contribution in [-0.4, -0.2) is 26.2 Å². The molecule has 29 heavy (non-hydrogen) atoms. The van der Waals surface area contributed by atoms with Gasteiger partial charge in [-0.25, -0.2) is 15.0 Å². The van der Waals surface area contributed by atoms with Crippen LogP contribution in [-0.2, 0) is 5.60 Å². The number of aliphatic hydroxyl groups is 1. The number of aryl methyl sites for hydroxylation is 1. The summed E-state index contributed by atoms with van der Waals surface area (Å²) in [5, 5.41) is 12.6. The van der Waals surface area contributed by atoms with Crippen LogP contribution in [0.2, 0.25) is 0 Å². The van der Waals surface area contributed by atoms with Gasteiger partial charge in [0.25, 0.3) is 0 Å². The molecule has 152 valence electrons. The maximum Gasteiger partial charge on any atom is 0.423 e. The molecule has 2 aromatic heterocycles. The number of anilines is 2. The molecule has 1 saturated carbocycles. The van der Waals surface area contributed by atoms with Gasteiger partial charge in [-0.15, -0.1) is 11.3 Å². The molecule has 1 aliphatic carbocycles. The maximum absolute atomic E-state index is 13.1. The van der Waals surface area contributed by atoms with Crippen molar-refractivity contribution in [2.24, 2.45) is 0 Å². The molecule has 1 aromatic carbocycles. The van der Waals surface area contributed by atoms with Crippen LogP contribution in [0.4, 0.5) is 24.8 Å². The summed E-state index contributed by atoms with van der Waals surface area (Å²) in [4.78, 5) is 13.0. The van der Waals surface area contributed by atoms with Crippen LogP contribution in [0.25, 0.3) is 10.4 Å². The first kappa shape index (κ1) is 19.8. The molecule has 1 unspecified atom stereocenters. The molecule has 1 atom stereocenters. The molecule has 1 fully saturated rings. The number of benzene rings is 1. The van der Waals surface area contributed by atoms with Gasteiger partial charge in [-0.2, -0.15) is 13.2 Å². The number of rotatable bonds is 5. The number of aromatic nitrogens is 3. The smallest absolute Gasteiger partial charge is 0.375 e. The van der Waals surface area contributed by atoms with Gasteiger partial charge in [-0.1, -0.05) is 6.07 Å². The van der Waals surface area contributed by atoms with E-state index in [9.17, 15) is 18.3 Å². The molecule has 1 aliphatic rings. The van der Waals surface area contributed by atoms with Gasteiger partial charge in [0, 0.05) is 24.3 Å². The topological polar surface area (TPSA) is 70.9 Å². The third kappa shape index (κ3) is 4.11. The molecule has 0 bridgehead atoms. The van der Waals surface area contributed by atoms with E-state index < -0.39 is 16.8 Å². The second-order valence-corrected chi connectivity index (χ2v) is 8.46. The number of alkyl halides is 3. The van der Waals surface area contributed by atoms with Crippen LogP contribution in [0.1, 0.15) is 41.8 Å². The minimum atomic E-state index is -4.80. The Morgan fingerprint density at radius 1 is 1.07 bits per heavy atom. The molecule has 0 aliphatic heterocycles. The Morgan fingerprint density at radius 2 is 1.76 bits per heavy atom. The Kier molecular flexibility index (Phi) is 4.82. The van der Waals surface area contributed by atoms with Gasteiger partial charge < -0.3 is 10.4 Å². The monoisotopic (exact) mass is 420 g/mol. The molecule has 2 heterocycles. The average Bonchev–Trinajstić information content (AvgIpc) is 3.36. The number of hydrogen-bond acceptors (Lipinski definition) is 6. The Bertz CT molecular complexity index is 1030. The van der Waals surface area contributed by atoms with E-state index in [2.05, 4.69) is 20.3 Å². The van der Waals surface area contributed by atoms with Gasteiger partial charge >= 0.3 is 6.18 Å². The maximum atomic E-state index is 13.1. The van der Waals surface area contributed by atoms with Gasteiger partial charge in [0.05, 0.1) is 4.88 Å². The zero-order valence-corrected chi connectivity index (χ0v) is 16.6.